The van der Waals surface area contributed by atoms with E-state index in [0.717, 1.165) is 24.3 Å². The molecule has 0 saturated carbocycles. The van der Waals surface area contributed by atoms with Gasteiger partial charge in [0.25, 0.3) is 0 Å². The molecule has 0 aliphatic rings. The van der Waals surface area contributed by atoms with E-state index in [1.165, 1.54) is 0 Å². The van der Waals surface area contributed by atoms with Crippen molar-refractivity contribution in [3.8, 4) is 0 Å². The molecule has 94 valence electrons. The molecule has 0 spiro atoms. The molecule has 0 bridgehead atoms. The monoisotopic (exact) mass is 236 g/mol. The molecule has 0 unspecified atom stereocenters. The van der Waals surface area contributed by atoms with Crippen LogP contribution in [0.25, 0.3) is 0 Å². The Balaban J connectivity index is 3.28. The van der Waals surface area contributed by atoms with Crippen LogP contribution in [0.2, 0.25) is 0 Å². The summed E-state index contributed by atoms with van der Waals surface area (Å²) in [6.45, 7) is 11.0. The number of hydrogen-bond donors (Lipinski definition) is 1. The van der Waals surface area contributed by atoms with Crippen molar-refractivity contribution in [2.45, 2.75) is 26.8 Å². The summed E-state index contributed by atoms with van der Waals surface area (Å²) in [7, 11) is 0. The molecular formula is C14H21FN2. The van der Waals surface area contributed by atoms with Crippen LogP contribution in [-0.4, -0.2) is 13.1 Å². The van der Waals surface area contributed by atoms with Crippen molar-refractivity contribution in [3.05, 3.63) is 41.7 Å². The largest absolute Gasteiger partial charge is 0.368 e. The van der Waals surface area contributed by atoms with Crippen LogP contribution in [0, 0.1) is 12.7 Å². The first kappa shape index (κ1) is 13.7. The third kappa shape index (κ3) is 3.07. The van der Waals surface area contributed by atoms with E-state index in [0.29, 0.717) is 5.56 Å². The van der Waals surface area contributed by atoms with Gasteiger partial charge in [-0.3, -0.25) is 0 Å². The Morgan fingerprint density at radius 1 is 1.53 bits per heavy atom. The van der Waals surface area contributed by atoms with Crippen molar-refractivity contribution in [3.63, 3.8) is 0 Å². The molecule has 0 aliphatic heterocycles. The van der Waals surface area contributed by atoms with Crippen LogP contribution in [0.3, 0.4) is 0 Å². The van der Waals surface area contributed by atoms with Gasteiger partial charge in [-0.2, -0.15) is 0 Å². The fourth-order valence-corrected chi connectivity index (χ4v) is 1.87. The molecule has 3 heteroatoms. The Labute approximate surface area is 103 Å². The van der Waals surface area contributed by atoms with E-state index in [-0.39, 0.29) is 11.9 Å². The molecule has 2 nitrogen and oxygen atoms in total. The topological polar surface area (TPSA) is 29.3 Å². The summed E-state index contributed by atoms with van der Waals surface area (Å²) in [5.74, 6) is -0.198. The first-order chi connectivity index (χ1) is 8.01. The van der Waals surface area contributed by atoms with E-state index in [1.807, 2.05) is 19.1 Å². The highest BCUT2D eigenvalue weighted by Crippen LogP contribution is 2.28. The number of halogens is 1. The molecule has 0 radical (unpaired) electrons. The Kier molecular flexibility index (Phi) is 4.70. The zero-order valence-electron chi connectivity index (χ0n) is 10.8. The Hall–Kier alpha value is -1.35. The predicted octanol–water partition coefficient (Wildman–Crippen LogP) is 3.17. The second-order valence-corrected chi connectivity index (χ2v) is 4.28. The zero-order chi connectivity index (χ0) is 13.0. The molecular weight excluding hydrogens is 215 g/mol. The Morgan fingerprint density at radius 3 is 2.65 bits per heavy atom. The third-order valence-corrected chi connectivity index (χ3v) is 2.87. The van der Waals surface area contributed by atoms with Gasteiger partial charge in [-0.25, -0.2) is 4.39 Å². The molecule has 0 saturated heterocycles. The normalized spacial score (nSPS) is 12.3. The number of anilines is 1. The second kappa shape index (κ2) is 5.82. The lowest BCUT2D eigenvalue weighted by Crippen LogP contribution is -2.25. The number of hydrogen-bond acceptors (Lipinski definition) is 2. The van der Waals surface area contributed by atoms with Gasteiger partial charge in [0.2, 0.25) is 0 Å². The Bertz CT molecular complexity index is 399. The van der Waals surface area contributed by atoms with Gasteiger partial charge in [-0.15, -0.1) is 6.58 Å². The molecule has 0 aromatic heterocycles. The van der Waals surface area contributed by atoms with Gasteiger partial charge in [0.15, 0.2) is 0 Å². The number of benzene rings is 1. The predicted molar refractivity (Wildman–Crippen MR) is 71.8 cm³/mol. The summed E-state index contributed by atoms with van der Waals surface area (Å²) in [5, 5.41) is 0. The van der Waals surface area contributed by atoms with E-state index < -0.39 is 0 Å². The maximum atomic E-state index is 13.6. The quantitative estimate of drug-likeness (QED) is 0.796. The zero-order valence-corrected chi connectivity index (χ0v) is 10.8. The Morgan fingerprint density at radius 2 is 2.18 bits per heavy atom. The lowest BCUT2D eigenvalue weighted by Gasteiger charge is -2.26. The van der Waals surface area contributed by atoms with Crippen molar-refractivity contribution in [1.29, 1.82) is 0 Å². The van der Waals surface area contributed by atoms with Gasteiger partial charge in [0, 0.05) is 24.8 Å². The highest BCUT2D eigenvalue weighted by atomic mass is 19.1. The molecule has 1 atom stereocenters. The van der Waals surface area contributed by atoms with Gasteiger partial charge in [-0.05, 0) is 44.0 Å². The average Bonchev–Trinajstić information content (AvgIpc) is 2.29. The summed E-state index contributed by atoms with van der Waals surface area (Å²) in [6.07, 6.45) is 1.84. The van der Waals surface area contributed by atoms with Crippen LogP contribution in [-0.2, 0) is 0 Å². The van der Waals surface area contributed by atoms with Gasteiger partial charge in [0.05, 0.1) is 0 Å². The van der Waals surface area contributed by atoms with Crippen LogP contribution in [0.1, 0.15) is 31.0 Å². The van der Waals surface area contributed by atoms with Crippen molar-refractivity contribution >= 4 is 5.69 Å². The van der Waals surface area contributed by atoms with Crippen LogP contribution in [0.5, 0.6) is 0 Å². The van der Waals surface area contributed by atoms with Crippen LogP contribution in [0.4, 0.5) is 10.1 Å². The SMILES string of the molecule is C=CCN(CC)c1cc(C)c(F)cc1[C@@H](C)N. The van der Waals surface area contributed by atoms with Crippen molar-refractivity contribution in [2.75, 3.05) is 18.0 Å². The highest BCUT2D eigenvalue weighted by molar-refractivity contribution is 5.57. The molecule has 17 heavy (non-hydrogen) atoms. The smallest absolute Gasteiger partial charge is 0.126 e. The third-order valence-electron chi connectivity index (χ3n) is 2.87. The van der Waals surface area contributed by atoms with E-state index in [9.17, 15) is 4.39 Å². The lowest BCUT2D eigenvalue weighted by molar-refractivity contribution is 0.612. The minimum absolute atomic E-state index is 0.182. The van der Waals surface area contributed by atoms with Gasteiger partial charge < -0.3 is 10.6 Å². The molecule has 1 aromatic carbocycles. The first-order valence-corrected chi connectivity index (χ1v) is 5.92. The number of aryl methyl sites for hydroxylation is 1. The highest BCUT2D eigenvalue weighted by Gasteiger charge is 2.14. The maximum Gasteiger partial charge on any atom is 0.126 e. The van der Waals surface area contributed by atoms with E-state index in [4.69, 9.17) is 5.73 Å². The molecule has 0 amide bonds. The second-order valence-electron chi connectivity index (χ2n) is 4.28. The summed E-state index contributed by atoms with van der Waals surface area (Å²) in [5.41, 5.74) is 8.39. The summed E-state index contributed by atoms with van der Waals surface area (Å²) < 4.78 is 13.6. The molecule has 1 aromatic rings. The van der Waals surface area contributed by atoms with Crippen LogP contribution >= 0.6 is 0 Å². The van der Waals surface area contributed by atoms with Crippen molar-refractivity contribution < 1.29 is 4.39 Å². The van der Waals surface area contributed by atoms with Crippen LogP contribution < -0.4 is 10.6 Å². The summed E-state index contributed by atoms with van der Waals surface area (Å²) >= 11 is 0. The summed E-state index contributed by atoms with van der Waals surface area (Å²) in [4.78, 5) is 2.14. The van der Waals surface area contributed by atoms with Crippen molar-refractivity contribution in [2.24, 2.45) is 5.73 Å². The van der Waals surface area contributed by atoms with Crippen molar-refractivity contribution in [1.82, 2.24) is 0 Å². The first-order valence-electron chi connectivity index (χ1n) is 5.92. The van der Waals surface area contributed by atoms with Gasteiger partial charge >= 0.3 is 0 Å². The lowest BCUT2D eigenvalue weighted by atomic mass is 10.0. The minimum atomic E-state index is -0.198. The molecule has 1 rings (SSSR count). The van der Waals surface area contributed by atoms with E-state index in [1.54, 1.807) is 13.0 Å². The summed E-state index contributed by atoms with van der Waals surface area (Å²) in [6, 6.07) is 3.22. The standard InChI is InChI=1S/C14H21FN2/c1-5-7-17(6-2)14-8-10(3)13(15)9-12(14)11(4)16/h5,8-9,11H,1,6-7,16H2,2-4H3/t11-/m1/s1. The molecule has 0 heterocycles. The number of nitrogens with zero attached hydrogens (tertiary/aromatic N) is 1. The maximum absolute atomic E-state index is 13.6. The number of rotatable bonds is 5. The van der Waals surface area contributed by atoms with Crippen LogP contribution in [0.15, 0.2) is 24.8 Å². The minimum Gasteiger partial charge on any atom is -0.368 e. The fourth-order valence-electron chi connectivity index (χ4n) is 1.87. The molecule has 0 aliphatic carbocycles. The van der Waals surface area contributed by atoms with E-state index in [2.05, 4.69) is 18.4 Å². The average molecular weight is 236 g/mol. The fraction of sp³-hybridized carbons (Fsp3) is 0.429. The van der Waals surface area contributed by atoms with Gasteiger partial charge in [0.1, 0.15) is 5.82 Å². The molecule has 0 fully saturated rings. The number of nitrogens with two attached hydrogens (primary N) is 1. The van der Waals surface area contributed by atoms with Gasteiger partial charge in [-0.1, -0.05) is 6.08 Å². The molecule has 2 N–H and O–H groups in total. The number of likely N-dealkylation sites (N-methyl/N-ethyl adjacent to an activating group) is 1. The van der Waals surface area contributed by atoms with E-state index >= 15 is 0 Å².